The van der Waals surface area contributed by atoms with E-state index < -0.39 is 12.1 Å². The largest absolute Gasteiger partial charge is 0.493 e. The predicted octanol–water partition coefficient (Wildman–Crippen LogP) is 4.49. The van der Waals surface area contributed by atoms with Crippen LogP contribution in [0.25, 0.3) is 0 Å². The Balaban J connectivity index is 1.90. The van der Waals surface area contributed by atoms with Gasteiger partial charge in [-0.3, -0.25) is 4.79 Å². The molecule has 0 aromatic heterocycles. The average Bonchev–Trinajstić information content (AvgIpc) is 2.83. The molecular weight excluding hydrogens is 352 g/mol. The molecule has 5 heteroatoms. The van der Waals surface area contributed by atoms with E-state index in [4.69, 9.17) is 21.4 Å². The number of unbranched alkanes of at least 4 members (excludes halogenated alkanes) is 1. The molecule has 144 valence electrons. The van der Waals surface area contributed by atoms with Crippen molar-refractivity contribution in [2.45, 2.75) is 57.4 Å². The van der Waals surface area contributed by atoms with Gasteiger partial charge in [0.15, 0.2) is 0 Å². The number of rotatable bonds is 9. The number of allylic oxidation sites excluding steroid dienone is 2. The van der Waals surface area contributed by atoms with Crippen LogP contribution in [0.2, 0.25) is 0 Å². The summed E-state index contributed by atoms with van der Waals surface area (Å²) < 4.78 is 6.06. The van der Waals surface area contributed by atoms with Gasteiger partial charge in [0.05, 0.1) is 12.7 Å². The summed E-state index contributed by atoms with van der Waals surface area (Å²) in [6.07, 6.45) is 6.57. The summed E-state index contributed by atoms with van der Waals surface area (Å²) in [6.45, 7) is 4.50. The van der Waals surface area contributed by atoms with E-state index in [1.54, 1.807) is 0 Å². The van der Waals surface area contributed by atoms with E-state index in [1.807, 2.05) is 38.1 Å². The molecule has 0 spiro atoms. The molecule has 1 aromatic carbocycles. The number of carbonyl (C=O) groups is 1. The number of ether oxygens (including phenoxy) is 1. The Labute approximate surface area is 160 Å². The smallest absolute Gasteiger partial charge is 0.303 e. The lowest BCUT2D eigenvalue weighted by Crippen LogP contribution is -2.27. The molecule has 2 unspecified atom stereocenters. The number of carboxylic acids is 1. The lowest BCUT2D eigenvalue weighted by molar-refractivity contribution is -0.137. The van der Waals surface area contributed by atoms with Crippen molar-refractivity contribution in [2.24, 2.45) is 11.8 Å². The quantitative estimate of drug-likeness (QED) is 0.376. The molecule has 0 saturated heterocycles. The van der Waals surface area contributed by atoms with Crippen molar-refractivity contribution in [3.63, 3.8) is 0 Å². The second-order valence-corrected chi connectivity index (χ2v) is 7.73. The molecule has 0 aliphatic heterocycles. The third-order valence-corrected chi connectivity index (χ3v) is 5.64. The minimum atomic E-state index is -0.762. The zero-order valence-corrected chi connectivity index (χ0v) is 16.3. The first-order chi connectivity index (χ1) is 12.4. The highest BCUT2D eigenvalue weighted by Crippen LogP contribution is 2.39. The number of aliphatic carboxylic acids is 1. The predicted molar refractivity (Wildman–Crippen MR) is 104 cm³/mol. The Morgan fingerprint density at radius 2 is 1.96 bits per heavy atom. The molecule has 1 aliphatic rings. The first-order valence-corrected chi connectivity index (χ1v) is 9.71. The summed E-state index contributed by atoms with van der Waals surface area (Å²) in [5.41, 5.74) is 2.18. The molecular formula is C21H29ClO4. The lowest BCUT2D eigenvalue weighted by atomic mass is 9.92. The maximum Gasteiger partial charge on any atom is 0.303 e. The fraction of sp³-hybridized carbons (Fsp3) is 0.571. The van der Waals surface area contributed by atoms with Gasteiger partial charge in [0.1, 0.15) is 5.75 Å². The van der Waals surface area contributed by atoms with Crippen LogP contribution < -0.4 is 4.74 Å². The highest BCUT2D eigenvalue weighted by molar-refractivity contribution is 6.21. The van der Waals surface area contributed by atoms with Gasteiger partial charge in [-0.2, -0.15) is 0 Å². The first kappa shape index (κ1) is 20.8. The van der Waals surface area contributed by atoms with Crippen molar-refractivity contribution in [2.75, 3.05) is 6.61 Å². The zero-order chi connectivity index (χ0) is 19.1. The average molecular weight is 381 g/mol. The molecule has 0 radical (unpaired) electrons. The van der Waals surface area contributed by atoms with Crippen LogP contribution in [0, 0.1) is 25.7 Å². The van der Waals surface area contributed by atoms with Crippen LogP contribution in [0.5, 0.6) is 5.75 Å². The summed E-state index contributed by atoms with van der Waals surface area (Å²) in [4.78, 5) is 10.5. The molecule has 1 aromatic rings. The van der Waals surface area contributed by atoms with E-state index >= 15 is 0 Å². The normalized spacial score (nSPS) is 25.7. The van der Waals surface area contributed by atoms with Crippen molar-refractivity contribution < 1.29 is 19.7 Å². The van der Waals surface area contributed by atoms with Crippen molar-refractivity contribution in [1.29, 1.82) is 0 Å². The second-order valence-electron chi connectivity index (χ2n) is 7.17. The first-order valence-electron chi connectivity index (χ1n) is 9.28. The fourth-order valence-corrected chi connectivity index (χ4v) is 4.11. The van der Waals surface area contributed by atoms with E-state index in [2.05, 4.69) is 6.08 Å². The molecule has 0 heterocycles. The molecule has 1 saturated carbocycles. The Morgan fingerprint density at radius 1 is 1.27 bits per heavy atom. The lowest BCUT2D eigenvalue weighted by Gasteiger charge is -2.23. The van der Waals surface area contributed by atoms with Gasteiger partial charge in [-0.25, -0.2) is 0 Å². The van der Waals surface area contributed by atoms with Crippen molar-refractivity contribution >= 4 is 17.6 Å². The Bertz CT molecular complexity index is 608. The minimum absolute atomic E-state index is 0.000163. The number of aryl methyl sites for hydroxylation is 2. The molecule has 26 heavy (non-hydrogen) atoms. The molecule has 4 nitrogen and oxygen atoms in total. The number of hydrogen-bond donors (Lipinski definition) is 2. The van der Waals surface area contributed by atoms with Crippen LogP contribution in [-0.4, -0.2) is 34.3 Å². The van der Waals surface area contributed by atoms with Gasteiger partial charge in [0.2, 0.25) is 0 Å². The molecule has 2 N–H and O–H groups in total. The fourth-order valence-electron chi connectivity index (χ4n) is 3.64. The Hall–Kier alpha value is -1.52. The van der Waals surface area contributed by atoms with Gasteiger partial charge in [-0.15, -0.1) is 11.6 Å². The van der Waals surface area contributed by atoms with E-state index in [9.17, 15) is 9.90 Å². The summed E-state index contributed by atoms with van der Waals surface area (Å²) >= 11 is 6.47. The van der Waals surface area contributed by atoms with Gasteiger partial charge in [-0.05, 0) is 56.6 Å². The highest BCUT2D eigenvalue weighted by Gasteiger charge is 2.41. The summed E-state index contributed by atoms with van der Waals surface area (Å²) in [7, 11) is 0. The number of benzene rings is 1. The van der Waals surface area contributed by atoms with Crippen LogP contribution in [0.1, 0.15) is 43.2 Å². The molecule has 1 aliphatic carbocycles. The number of hydrogen-bond acceptors (Lipinski definition) is 3. The standard InChI is InChI=1S/C21H29ClO4/c1-14-8-7-9-15(2)21(14)26-13-17-16(18(22)12-19(17)23)10-5-3-4-6-11-20(24)25/h3,5,7-9,16-19,23H,4,6,10-13H2,1-2H3,(H,24,25)/b5-3-/t16-,17?,18-,19?/m1/s1. The van der Waals surface area contributed by atoms with Crippen LogP contribution in [0.3, 0.4) is 0 Å². The van der Waals surface area contributed by atoms with Crippen molar-refractivity contribution in [1.82, 2.24) is 0 Å². The van der Waals surface area contributed by atoms with Crippen LogP contribution in [0.15, 0.2) is 30.4 Å². The second kappa shape index (κ2) is 9.98. The topological polar surface area (TPSA) is 66.8 Å². The summed E-state index contributed by atoms with van der Waals surface area (Å²) in [6, 6.07) is 6.05. The number of carboxylic acid groups (broad SMARTS) is 1. The molecule has 0 bridgehead atoms. The van der Waals surface area contributed by atoms with Crippen LogP contribution in [0.4, 0.5) is 0 Å². The SMILES string of the molecule is Cc1cccc(C)c1OCC1C(O)C[C@@H](Cl)[C@@H]1C/C=C\CCCC(=O)O. The highest BCUT2D eigenvalue weighted by atomic mass is 35.5. The van der Waals surface area contributed by atoms with E-state index in [0.29, 0.717) is 19.4 Å². The van der Waals surface area contributed by atoms with E-state index in [-0.39, 0.29) is 23.6 Å². The van der Waals surface area contributed by atoms with Crippen molar-refractivity contribution in [3.8, 4) is 5.75 Å². The molecule has 1 fully saturated rings. The maximum absolute atomic E-state index is 10.5. The Morgan fingerprint density at radius 3 is 2.62 bits per heavy atom. The van der Waals surface area contributed by atoms with E-state index in [0.717, 1.165) is 29.7 Å². The van der Waals surface area contributed by atoms with Gasteiger partial charge >= 0.3 is 5.97 Å². The number of halogens is 1. The van der Waals surface area contributed by atoms with Gasteiger partial charge in [-0.1, -0.05) is 30.4 Å². The maximum atomic E-state index is 10.5. The van der Waals surface area contributed by atoms with Gasteiger partial charge in [0.25, 0.3) is 0 Å². The van der Waals surface area contributed by atoms with Gasteiger partial charge < -0.3 is 14.9 Å². The van der Waals surface area contributed by atoms with Crippen molar-refractivity contribution in [3.05, 3.63) is 41.5 Å². The molecule has 2 rings (SSSR count). The van der Waals surface area contributed by atoms with Crippen LogP contribution in [-0.2, 0) is 4.79 Å². The molecule has 4 atom stereocenters. The summed E-state index contributed by atoms with van der Waals surface area (Å²) in [5, 5.41) is 19.0. The zero-order valence-electron chi connectivity index (χ0n) is 15.5. The summed E-state index contributed by atoms with van der Waals surface area (Å²) in [5.74, 6) is 0.287. The number of alkyl halides is 1. The van der Waals surface area contributed by atoms with Crippen LogP contribution >= 0.6 is 11.6 Å². The molecule has 0 amide bonds. The van der Waals surface area contributed by atoms with Gasteiger partial charge in [0, 0.05) is 17.7 Å². The number of aliphatic hydroxyl groups excluding tert-OH is 1. The van der Waals surface area contributed by atoms with E-state index in [1.165, 1.54) is 0 Å². The number of para-hydroxylation sites is 1. The minimum Gasteiger partial charge on any atom is -0.493 e. The third kappa shape index (κ3) is 5.75. The monoisotopic (exact) mass is 380 g/mol. The number of aliphatic hydroxyl groups is 1. The Kier molecular flexibility index (Phi) is 7.98. The third-order valence-electron chi connectivity index (χ3n) is 5.14.